The summed E-state index contributed by atoms with van der Waals surface area (Å²) in [6, 6.07) is 15.9. The van der Waals surface area contributed by atoms with Gasteiger partial charge in [0.1, 0.15) is 17.5 Å². The smallest absolute Gasteiger partial charge is 0.349 e. The lowest BCUT2D eigenvalue weighted by atomic mass is 10.2. The number of benzene rings is 2. The van der Waals surface area contributed by atoms with Crippen LogP contribution in [0.2, 0.25) is 0 Å². The highest BCUT2D eigenvalue weighted by atomic mass is 16.4. The summed E-state index contributed by atoms with van der Waals surface area (Å²) in [5.41, 5.74) is 3.85. The van der Waals surface area contributed by atoms with E-state index in [1.54, 1.807) is 18.2 Å². The van der Waals surface area contributed by atoms with Crippen molar-refractivity contribution in [3.8, 4) is 0 Å². The molecule has 0 aliphatic carbocycles. The van der Waals surface area contributed by atoms with E-state index in [4.69, 9.17) is 4.42 Å². The molecule has 0 saturated carbocycles. The standard InChI is InChI=1S/C17H11N3O3/c21-16(19-20-10-18-13-6-2-3-7-14(13)20)12-9-11-5-1-4-8-15(11)23-17(12)22/h1-10H,(H,19,21). The summed E-state index contributed by atoms with van der Waals surface area (Å²) >= 11 is 0. The normalized spacial score (nSPS) is 11.0. The Kier molecular flexibility index (Phi) is 2.94. The number of imidazole rings is 1. The Morgan fingerprint density at radius 2 is 1.87 bits per heavy atom. The predicted molar refractivity (Wildman–Crippen MR) is 85.9 cm³/mol. The van der Waals surface area contributed by atoms with Crippen molar-refractivity contribution in [2.75, 3.05) is 5.43 Å². The van der Waals surface area contributed by atoms with Crippen LogP contribution in [0.25, 0.3) is 22.0 Å². The molecule has 2 aromatic heterocycles. The molecule has 0 spiro atoms. The molecule has 0 atom stereocenters. The molecule has 0 saturated heterocycles. The van der Waals surface area contributed by atoms with Gasteiger partial charge in [0.05, 0.1) is 11.0 Å². The number of rotatable bonds is 2. The van der Waals surface area contributed by atoms with Gasteiger partial charge in [-0.25, -0.2) is 14.5 Å². The first-order valence-electron chi connectivity index (χ1n) is 6.99. The Hall–Kier alpha value is -3.41. The van der Waals surface area contributed by atoms with Gasteiger partial charge in [-0.3, -0.25) is 10.2 Å². The minimum absolute atomic E-state index is 0.0542. The molecular weight excluding hydrogens is 294 g/mol. The van der Waals surface area contributed by atoms with Gasteiger partial charge >= 0.3 is 5.63 Å². The number of nitrogens with one attached hydrogen (secondary N) is 1. The summed E-state index contributed by atoms with van der Waals surface area (Å²) in [7, 11) is 0. The van der Waals surface area contributed by atoms with Crippen molar-refractivity contribution in [3.63, 3.8) is 0 Å². The fraction of sp³-hybridized carbons (Fsp3) is 0. The fourth-order valence-corrected chi connectivity index (χ4v) is 2.44. The lowest BCUT2D eigenvalue weighted by Gasteiger charge is -2.06. The topological polar surface area (TPSA) is 77.1 Å². The van der Waals surface area contributed by atoms with Gasteiger partial charge < -0.3 is 4.42 Å². The van der Waals surface area contributed by atoms with Crippen LogP contribution in [-0.4, -0.2) is 15.6 Å². The molecule has 4 aromatic rings. The van der Waals surface area contributed by atoms with E-state index in [-0.39, 0.29) is 5.56 Å². The largest absolute Gasteiger partial charge is 0.422 e. The Balaban J connectivity index is 1.74. The van der Waals surface area contributed by atoms with Crippen molar-refractivity contribution < 1.29 is 9.21 Å². The van der Waals surface area contributed by atoms with Gasteiger partial charge in [0.2, 0.25) is 0 Å². The molecule has 1 N–H and O–H groups in total. The van der Waals surface area contributed by atoms with Crippen molar-refractivity contribution >= 4 is 27.9 Å². The Labute approximate surface area is 130 Å². The molecule has 2 aromatic carbocycles. The minimum atomic E-state index is -0.675. The van der Waals surface area contributed by atoms with E-state index in [9.17, 15) is 9.59 Å². The van der Waals surface area contributed by atoms with Gasteiger partial charge in [-0.15, -0.1) is 0 Å². The number of nitrogens with zero attached hydrogens (tertiary/aromatic N) is 2. The van der Waals surface area contributed by atoms with Crippen LogP contribution >= 0.6 is 0 Å². The lowest BCUT2D eigenvalue weighted by Crippen LogP contribution is -2.26. The number of hydrogen-bond donors (Lipinski definition) is 1. The van der Waals surface area contributed by atoms with Crippen LogP contribution in [0.5, 0.6) is 0 Å². The summed E-state index contributed by atoms with van der Waals surface area (Å²) in [4.78, 5) is 28.6. The number of hydrogen-bond acceptors (Lipinski definition) is 4. The molecule has 0 radical (unpaired) electrons. The second-order valence-corrected chi connectivity index (χ2v) is 5.03. The van der Waals surface area contributed by atoms with Gasteiger partial charge in [-0.05, 0) is 24.3 Å². The van der Waals surface area contributed by atoms with Crippen LogP contribution < -0.4 is 11.1 Å². The third-order valence-corrected chi connectivity index (χ3v) is 3.56. The Morgan fingerprint density at radius 3 is 2.78 bits per heavy atom. The third kappa shape index (κ3) is 2.26. The van der Waals surface area contributed by atoms with Gasteiger partial charge in [-0.2, -0.15) is 0 Å². The maximum absolute atomic E-state index is 12.4. The third-order valence-electron chi connectivity index (χ3n) is 3.56. The molecule has 0 unspecified atom stereocenters. The van der Waals surface area contributed by atoms with Crippen molar-refractivity contribution in [2.45, 2.75) is 0 Å². The number of carbonyl (C=O) groups excluding carboxylic acids is 1. The Bertz CT molecular complexity index is 1090. The van der Waals surface area contributed by atoms with Crippen LogP contribution in [0, 0.1) is 0 Å². The zero-order valence-corrected chi connectivity index (χ0v) is 11.9. The molecule has 1 amide bonds. The fourth-order valence-electron chi connectivity index (χ4n) is 2.44. The highest BCUT2D eigenvalue weighted by Crippen LogP contribution is 2.14. The molecule has 6 heteroatoms. The molecular formula is C17H11N3O3. The van der Waals surface area contributed by atoms with E-state index in [2.05, 4.69) is 10.4 Å². The van der Waals surface area contributed by atoms with Crippen molar-refractivity contribution in [1.29, 1.82) is 0 Å². The first kappa shape index (κ1) is 13.3. The summed E-state index contributed by atoms with van der Waals surface area (Å²) in [5.74, 6) is -0.548. The number of para-hydroxylation sites is 3. The van der Waals surface area contributed by atoms with Crippen LogP contribution in [0.3, 0.4) is 0 Å². The maximum atomic E-state index is 12.4. The van der Waals surface area contributed by atoms with E-state index in [0.717, 1.165) is 11.0 Å². The molecule has 112 valence electrons. The number of carbonyl (C=O) groups is 1. The molecule has 4 rings (SSSR count). The summed E-state index contributed by atoms with van der Waals surface area (Å²) in [5, 5.41) is 0.688. The quantitative estimate of drug-likeness (QED) is 0.577. The van der Waals surface area contributed by atoms with Crippen molar-refractivity contribution in [3.05, 3.63) is 76.9 Å². The molecule has 23 heavy (non-hydrogen) atoms. The minimum Gasteiger partial charge on any atom is -0.422 e. The van der Waals surface area contributed by atoms with Gasteiger partial charge in [0.25, 0.3) is 5.91 Å². The number of fused-ring (bicyclic) bond motifs is 2. The predicted octanol–water partition coefficient (Wildman–Crippen LogP) is 2.53. The van der Waals surface area contributed by atoms with Gasteiger partial charge in [0, 0.05) is 5.39 Å². The zero-order valence-electron chi connectivity index (χ0n) is 11.9. The van der Waals surface area contributed by atoms with E-state index >= 15 is 0 Å². The van der Waals surface area contributed by atoms with Crippen molar-refractivity contribution in [1.82, 2.24) is 9.66 Å². The van der Waals surface area contributed by atoms with Crippen LogP contribution in [-0.2, 0) is 0 Å². The second-order valence-electron chi connectivity index (χ2n) is 5.03. The van der Waals surface area contributed by atoms with E-state index < -0.39 is 11.5 Å². The zero-order chi connectivity index (χ0) is 15.8. The summed E-state index contributed by atoms with van der Waals surface area (Å²) in [6.07, 6.45) is 1.49. The molecule has 0 aliphatic rings. The summed E-state index contributed by atoms with van der Waals surface area (Å²) in [6.45, 7) is 0. The van der Waals surface area contributed by atoms with Crippen LogP contribution in [0.15, 0.2) is 70.1 Å². The molecule has 0 bridgehead atoms. The SMILES string of the molecule is O=C(Nn1cnc2ccccc21)c1cc2ccccc2oc1=O. The van der Waals surface area contributed by atoms with E-state index in [0.29, 0.717) is 11.0 Å². The second kappa shape index (κ2) is 5.10. The highest BCUT2D eigenvalue weighted by Gasteiger charge is 2.14. The molecule has 0 fully saturated rings. The van der Waals surface area contributed by atoms with E-state index in [1.165, 1.54) is 17.1 Å². The molecule has 2 heterocycles. The van der Waals surface area contributed by atoms with Crippen LogP contribution in [0.1, 0.15) is 10.4 Å². The average molecular weight is 305 g/mol. The van der Waals surface area contributed by atoms with Crippen LogP contribution in [0.4, 0.5) is 0 Å². The maximum Gasteiger partial charge on any atom is 0.349 e. The summed E-state index contributed by atoms with van der Waals surface area (Å²) < 4.78 is 6.66. The Morgan fingerprint density at radius 1 is 1.09 bits per heavy atom. The monoisotopic (exact) mass is 305 g/mol. The van der Waals surface area contributed by atoms with Crippen molar-refractivity contribution in [2.24, 2.45) is 0 Å². The first-order valence-corrected chi connectivity index (χ1v) is 6.99. The van der Waals surface area contributed by atoms with Gasteiger partial charge in [-0.1, -0.05) is 30.3 Å². The first-order chi connectivity index (χ1) is 11.2. The number of aromatic nitrogens is 2. The molecule has 6 nitrogen and oxygen atoms in total. The highest BCUT2D eigenvalue weighted by molar-refractivity contribution is 6.02. The number of amides is 1. The van der Waals surface area contributed by atoms with Gasteiger partial charge in [0.15, 0.2) is 0 Å². The van der Waals surface area contributed by atoms with E-state index in [1.807, 2.05) is 30.3 Å². The molecule has 0 aliphatic heterocycles. The average Bonchev–Trinajstić information content (AvgIpc) is 2.97. The lowest BCUT2D eigenvalue weighted by molar-refractivity contribution is 0.100.